The summed E-state index contributed by atoms with van der Waals surface area (Å²) in [6.07, 6.45) is 3.41. The van der Waals surface area contributed by atoms with E-state index in [1.165, 1.54) is 0 Å². The Hall–Kier alpha value is -1.81. The van der Waals surface area contributed by atoms with Crippen LogP contribution in [0.2, 0.25) is 0 Å². The van der Waals surface area contributed by atoms with E-state index in [1.807, 2.05) is 31.3 Å². The summed E-state index contributed by atoms with van der Waals surface area (Å²) in [4.78, 5) is 6.50. The molecule has 0 aromatic carbocycles. The minimum Gasteiger partial charge on any atom is -0.472 e. The summed E-state index contributed by atoms with van der Waals surface area (Å²) in [5.41, 5.74) is 7.59. The van der Waals surface area contributed by atoms with Gasteiger partial charge < -0.3 is 15.1 Å². The minimum absolute atomic E-state index is 0.466. The van der Waals surface area contributed by atoms with Crippen LogP contribution in [0.1, 0.15) is 11.3 Å². The van der Waals surface area contributed by atoms with Gasteiger partial charge in [-0.1, -0.05) is 6.07 Å². The van der Waals surface area contributed by atoms with Crippen molar-refractivity contribution in [2.24, 2.45) is 5.73 Å². The number of hydrogen-bond acceptors (Lipinski definition) is 4. The van der Waals surface area contributed by atoms with E-state index in [0.717, 1.165) is 23.6 Å². The third kappa shape index (κ3) is 2.41. The maximum absolute atomic E-state index is 5.56. The summed E-state index contributed by atoms with van der Waals surface area (Å²) in [6, 6.07) is 7.81. The minimum atomic E-state index is 0.466. The largest absolute Gasteiger partial charge is 0.472 e. The number of nitrogens with zero attached hydrogens (tertiary/aromatic N) is 2. The van der Waals surface area contributed by atoms with Crippen molar-refractivity contribution in [3.8, 4) is 0 Å². The smallest absolute Gasteiger partial charge is 0.128 e. The van der Waals surface area contributed by atoms with Crippen molar-refractivity contribution in [1.29, 1.82) is 0 Å². The fourth-order valence-corrected chi connectivity index (χ4v) is 1.53. The molecular weight excluding hydrogens is 202 g/mol. The van der Waals surface area contributed by atoms with Crippen molar-refractivity contribution in [2.75, 3.05) is 11.9 Å². The zero-order chi connectivity index (χ0) is 11.4. The molecule has 84 valence electrons. The van der Waals surface area contributed by atoms with Crippen molar-refractivity contribution >= 4 is 5.82 Å². The molecule has 0 aliphatic heterocycles. The first-order valence-corrected chi connectivity index (χ1v) is 5.18. The molecular formula is C12H15N3O. The first-order chi connectivity index (χ1) is 7.79. The Labute approximate surface area is 94.7 Å². The van der Waals surface area contributed by atoms with Gasteiger partial charge in [-0.2, -0.15) is 0 Å². The van der Waals surface area contributed by atoms with Gasteiger partial charge in [0.15, 0.2) is 0 Å². The quantitative estimate of drug-likeness (QED) is 0.848. The van der Waals surface area contributed by atoms with Crippen LogP contribution in [0.4, 0.5) is 5.82 Å². The van der Waals surface area contributed by atoms with Crippen molar-refractivity contribution in [1.82, 2.24) is 4.98 Å². The summed E-state index contributed by atoms with van der Waals surface area (Å²) < 4.78 is 5.03. The predicted octanol–water partition coefficient (Wildman–Crippen LogP) is 1.77. The lowest BCUT2D eigenvalue weighted by atomic mass is 10.3. The van der Waals surface area contributed by atoms with E-state index >= 15 is 0 Å². The molecule has 0 saturated heterocycles. The summed E-state index contributed by atoms with van der Waals surface area (Å²) in [5.74, 6) is 0.921. The van der Waals surface area contributed by atoms with Crippen LogP contribution in [-0.4, -0.2) is 12.0 Å². The average Bonchev–Trinajstić information content (AvgIpc) is 2.82. The third-order valence-electron chi connectivity index (χ3n) is 2.39. The maximum atomic E-state index is 5.56. The highest BCUT2D eigenvalue weighted by Crippen LogP contribution is 2.13. The molecule has 2 rings (SSSR count). The molecule has 0 aliphatic carbocycles. The molecule has 4 heteroatoms. The summed E-state index contributed by atoms with van der Waals surface area (Å²) >= 11 is 0. The van der Waals surface area contributed by atoms with E-state index in [4.69, 9.17) is 10.2 Å². The molecule has 0 bridgehead atoms. The van der Waals surface area contributed by atoms with Crippen LogP contribution in [-0.2, 0) is 13.1 Å². The molecule has 0 atom stereocenters. The summed E-state index contributed by atoms with van der Waals surface area (Å²) in [7, 11) is 2.00. The van der Waals surface area contributed by atoms with Crippen molar-refractivity contribution in [3.05, 3.63) is 48.0 Å². The summed E-state index contributed by atoms with van der Waals surface area (Å²) in [6.45, 7) is 1.24. The molecule has 0 spiro atoms. The fourth-order valence-electron chi connectivity index (χ4n) is 1.53. The highest BCUT2D eigenvalue weighted by atomic mass is 16.3. The van der Waals surface area contributed by atoms with E-state index < -0.39 is 0 Å². The molecule has 16 heavy (non-hydrogen) atoms. The maximum Gasteiger partial charge on any atom is 0.128 e. The highest BCUT2D eigenvalue weighted by Gasteiger charge is 2.04. The lowest BCUT2D eigenvalue weighted by Gasteiger charge is -2.17. The second-order valence-corrected chi connectivity index (χ2v) is 3.68. The van der Waals surface area contributed by atoms with Gasteiger partial charge in [0.25, 0.3) is 0 Å². The van der Waals surface area contributed by atoms with E-state index in [-0.39, 0.29) is 0 Å². The molecule has 0 unspecified atom stereocenters. The van der Waals surface area contributed by atoms with Crippen LogP contribution < -0.4 is 10.6 Å². The van der Waals surface area contributed by atoms with Crippen LogP contribution in [0.15, 0.2) is 41.2 Å². The van der Waals surface area contributed by atoms with Crippen LogP contribution in [0.5, 0.6) is 0 Å². The number of anilines is 1. The van der Waals surface area contributed by atoms with Gasteiger partial charge in [0.2, 0.25) is 0 Å². The van der Waals surface area contributed by atoms with Gasteiger partial charge in [-0.05, 0) is 18.2 Å². The van der Waals surface area contributed by atoms with E-state index in [0.29, 0.717) is 6.54 Å². The van der Waals surface area contributed by atoms with Crippen molar-refractivity contribution in [2.45, 2.75) is 13.1 Å². The number of rotatable bonds is 4. The molecule has 2 heterocycles. The molecule has 2 N–H and O–H groups in total. The normalized spacial score (nSPS) is 10.4. The lowest BCUT2D eigenvalue weighted by Crippen LogP contribution is -2.18. The number of furan rings is 1. The van der Waals surface area contributed by atoms with Gasteiger partial charge in [-0.15, -0.1) is 0 Å². The Balaban J connectivity index is 2.11. The van der Waals surface area contributed by atoms with Gasteiger partial charge in [0.05, 0.1) is 18.2 Å². The standard InChI is InChI=1S/C12H15N3O/c1-15(8-10-5-6-16-9-10)12-4-2-3-11(7-13)14-12/h2-6,9H,7-8,13H2,1H3. The molecule has 2 aromatic heterocycles. The van der Waals surface area contributed by atoms with Crippen LogP contribution in [0, 0.1) is 0 Å². The Bertz CT molecular complexity index is 439. The number of nitrogens with two attached hydrogens (primary N) is 1. The van der Waals surface area contributed by atoms with Crippen LogP contribution in [0.3, 0.4) is 0 Å². The van der Waals surface area contributed by atoms with E-state index in [9.17, 15) is 0 Å². The average molecular weight is 217 g/mol. The van der Waals surface area contributed by atoms with Gasteiger partial charge in [-0.3, -0.25) is 0 Å². The first-order valence-electron chi connectivity index (χ1n) is 5.18. The Morgan fingerprint density at radius 2 is 2.25 bits per heavy atom. The molecule has 2 aromatic rings. The van der Waals surface area contributed by atoms with Gasteiger partial charge in [0.1, 0.15) is 5.82 Å². The van der Waals surface area contributed by atoms with Gasteiger partial charge in [0, 0.05) is 25.7 Å². The van der Waals surface area contributed by atoms with E-state index in [2.05, 4.69) is 9.88 Å². The topological polar surface area (TPSA) is 55.3 Å². The number of aromatic nitrogens is 1. The van der Waals surface area contributed by atoms with Gasteiger partial charge >= 0.3 is 0 Å². The highest BCUT2D eigenvalue weighted by molar-refractivity contribution is 5.39. The number of pyridine rings is 1. The van der Waals surface area contributed by atoms with Gasteiger partial charge in [-0.25, -0.2) is 4.98 Å². The Morgan fingerprint density at radius 3 is 2.94 bits per heavy atom. The van der Waals surface area contributed by atoms with E-state index in [1.54, 1.807) is 12.5 Å². The van der Waals surface area contributed by atoms with Crippen LogP contribution in [0.25, 0.3) is 0 Å². The zero-order valence-electron chi connectivity index (χ0n) is 9.26. The molecule has 0 radical (unpaired) electrons. The second-order valence-electron chi connectivity index (χ2n) is 3.68. The summed E-state index contributed by atoms with van der Waals surface area (Å²) in [5, 5.41) is 0. The first kappa shape index (κ1) is 10.7. The number of hydrogen-bond donors (Lipinski definition) is 1. The monoisotopic (exact) mass is 217 g/mol. The second kappa shape index (κ2) is 4.81. The third-order valence-corrected chi connectivity index (χ3v) is 2.39. The molecule has 0 fully saturated rings. The van der Waals surface area contributed by atoms with Crippen molar-refractivity contribution < 1.29 is 4.42 Å². The molecule has 0 aliphatic rings. The fraction of sp³-hybridized carbons (Fsp3) is 0.250. The SMILES string of the molecule is CN(Cc1ccoc1)c1cccc(CN)n1. The molecule has 0 saturated carbocycles. The Morgan fingerprint density at radius 1 is 1.38 bits per heavy atom. The van der Waals surface area contributed by atoms with Crippen LogP contribution >= 0.6 is 0 Å². The zero-order valence-corrected chi connectivity index (χ0v) is 9.26. The lowest BCUT2D eigenvalue weighted by molar-refractivity contribution is 0.563. The predicted molar refractivity (Wildman–Crippen MR) is 62.9 cm³/mol. The molecule has 0 amide bonds. The molecule has 4 nitrogen and oxygen atoms in total. The van der Waals surface area contributed by atoms with Crippen molar-refractivity contribution in [3.63, 3.8) is 0 Å². The Kier molecular flexibility index (Phi) is 3.22.